The van der Waals surface area contributed by atoms with Gasteiger partial charge < -0.3 is 20.7 Å². The van der Waals surface area contributed by atoms with E-state index >= 15 is 0 Å². The fourth-order valence-electron chi connectivity index (χ4n) is 2.79. The number of hydrogen-bond donors (Lipinski definition) is 4. The Bertz CT molecular complexity index is 869. The van der Waals surface area contributed by atoms with E-state index in [0.29, 0.717) is 24.0 Å². The number of rotatable bonds is 4. The first kappa shape index (κ1) is 18.8. The fourth-order valence-corrected chi connectivity index (χ4v) is 2.79. The van der Waals surface area contributed by atoms with E-state index in [4.69, 9.17) is 0 Å². The molecule has 0 saturated carbocycles. The molecule has 2 heterocycles. The van der Waals surface area contributed by atoms with Crippen molar-refractivity contribution < 1.29 is 14.8 Å². The summed E-state index contributed by atoms with van der Waals surface area (Å²) in [6.45, 7) is 1.31. The Morgan fingerprint density at radius 3 is 2.76 bits per heavy atom. The molecule has 1 saturated heterocycles. The van der Waals surface area contributed by atoms with Gasteiger partial charge in [-0.15, -0.1) is 12.4 Å². The van der Waals surface area contributed by atoms with Gasteiger partial charge in [-0.2, -0.15) is 0 Å². The third-order valence-corrected chi connectivity index (χ3v) is 4.11. The minimum Gasteiger partial charge on any atom is -0.391 e. The minimum absolute atomic E-state index is 0. The van der Waals surface area contributed by atoms with E-state index in [1.54, 1.807) is 0 Å². The summed E-state index contributed by atoms with van der Waals surface area (Å²) in [6.07, 6.45) is -0.540. The SMILES string of the molecule is Cl.O=C(NCC1CNCC1O)c1cc(=O)[nH]c2ccc([N+](=O)[O-])cc12. The first-order chi connectivity index (χ1) is 11.5. The summed E-state index contributed by atoms with van der Waals surface area (Å²) in [5, 5.41) is 26.7. The third kappa shape index (κ3) is 3.95. The molecule has 1 amide bonds. The van der Waals surface area contributed by atoms with Gasteiger partial charge in [0.15, 0.2) is 0 Å². The molecule has 25 heavy (non-hydrogen) atoms. The van der Waals surface area contributed by atoms with E-state index in [9.17, 15) is 24.8 Å². The number of aliphatic hydroxyl groups is 1. The smallest absolute Gasteiger partial charge is 0.270 e. The number of aromatic nitrogens is 1. The quantitative estimate of drug-likeness (QED) is 0.448. The van der Waals surface area contributed by atoms with Crippen LogP contribution in [-0.2, 0) is 0 Å². The number of β-amino-alcohol motifs (C(OH)–C–C–N with tert-alkyl or cyclic N) is 1. The van der Waals surface area contributed by atoms with Crippen LogP contribution in [0.25, 0.3) is 10.9 Å². The summed E-state index contributed by atoms with van der Waals surface area (Å²) < 4.78 is 0. The van der Waals surface area contributed by atoms with Crippen LogP contribution in [0, 0.1) is 16.0 Å². The van der Waals surface area contributed by atoms with Crippen LogP contribution in [0.4, 0.5) is 5.69 Å². The highest BCUT2D eigenvalue weighted by Crippen LogP contribution is 2.21. The fraction of sp³-hybridized carbons (Fsp3) is 0.333. The van der Waals surface area contributed by atoms with Crippen molar-refractivity contribution in [2.75, 3.05) is 19.6 Å². The van der Waals surface area contributed by atoms with Crippen molar-refractivity contribution in [1.82, 2.24) is 15.6 Å². The monoisotopic (exact) mass is 368 g/mol. The maximum Gasteiger partial charge on any atom is 0.270 e. The van der Waals surface area contributed by atoms with E-state index in [2.05, 4.69) is 15.6 Å². The zero-order valence-electron chi connectivity index (χ0n) is 13.0. The number of nitrogens with one attached hydrogen (secondary N) is 3. The zero-order valence-corrected chi connectivity index (χ0v) is 13.8. The maximum atomic E-state index is 12.4. The average molecular weight is 369 g/mol. The molecule has 0 bridgehead atoms. The van der Waals surface area contributed by atoms with Gasteiger partial charge in [-0.1, -0.05) is 0 Å². The number of nitro benzene ring substituents is 1. The summed E-state index contributed by atoms with van der Waals surface area (Å²) in [4.78, 5) is 37.1. The van der Waals surface area contributed by atoms with Crippen molar-refractivity contribution in [2.45, 2.75) is 6.10 Å². The largest absolute Gasteiger partial charge is 0.391 e. The van der Waals surface area contributed by atoms with E-state index in [0.717, 1.165) is 6.07 Å². The van der Waals surface area contributed by atoms with Gasteiger partial charge in [0, 0.05) is 54.7 Å². The first-order valence-electron chi connectivity index (χ1n) is 7.44. The zero-order chi connectivity index (χ0) is 17.3. The number of non-ortho nitro benzene ring substituents is 1. The molecule has 0 aliphatic carbocycles. The molecule has 0 spiro atoms. The number of aliphatic hydroxyl groups excluding tert-OH is 1. The summed E-state index contributed by atoms with van der Waals surface area (Å²) in [5.41, 5.74) is -0.221. The number of fused-ring (bicyclic) bond motifs is 1. The number of pyridine rings is 1. The number of carbonyl (C=O) groups excluding carboxylic acids is 1. The topological polar surface area (TPSA) is 137 Å². The molecule has 134 valence electrons. The van der Waals surface area contributed by atoms with Gasteiger partial charge in [-0.3, -0.25) is 19.7 Å². The number of nitro groups is 1. The summed E-state index contributed by atoms with van der Waals surface area (Å²) in [7, 11) is 0. The number of amides is 1. The van der Waals surface area contributed by atoms with Crippen LogP contribution in [0.2, 0.25) is 0 Å². The molecular weight excluding hydrogens is 352 g/mol. The summed E-state index contributed by atoms with van der Waals surface area (Å²) in [6, 6.07) is 5.04. The number of hydrogen-bond acceptors (Lipinski definition) is 6. The van der Waals surface area contributed by atoms with Gasteiger partial charge in [0.25, 0.3) is 11.6 Å². The number of H-pyrrole nitrogens is 1. The summed E-state index contributed by atoms with van der Waals surface area (Å²) in [5.74, 6) is -0.623. The molecule has 1 aliphatic rings. The van der Waals surface area contributed by atoms with Crippen molar-refractivity contribution >= 4 is 34.9 Å². The van der Waals surface area contributed by atoms with Crippen molar-refractivity contribution in [2.24, 2.45) is 5.92 Å². The lowest BCUT2D eigenvalue weighted by atomic mass is 10.1. The molecule has 10 heteroatoms. The number of carbonyl (C=O) groups is 1. The molecule has 3 rings (SSSR count). The normalized spacial score (nSPS) is 19.4. The Kier molecular flexibility index (Phi) is 5.73. The van der Waals surface area contributed by atoms with Crippen molar-refractivity contribution in [3.63, 3.8) is 0 Å². The lowest BCUT2D eigenvalue weighted by molar-refractivity contribution is -0.384. The second-order valence-corrected chi connectivity index (χ2v) is 5.73. The average Bonchev–Trinajstić information content (AvgIpc) is 2.96. The molecule has 0 radical (unpaired) electrons. The van der Waals surface area contributed by atoms with Crippen LogP contribution in [0.15, 0.2) is 29.1 Å². The molecule has 2 atom stereocenters. The lowest BCUT2D eigenvalue weighted by Gasteiger charge is -2.14. The second-order valence-electron chi connectivity index (χ2n) is 5.73. The van der Waals surface area contributed by atoms with E-state index < -0.39 is 22.5 Å². The predicted octanol–water partition coefficient (Wildman–Crippen LogP) is 0.168. The number of nitrogens with zero attached hydrogens (tertiary/aromatic N) is 1. The maximum absolute atomic E-state index is 12.4. The number of halogens is 1. The van der Waals surface area contributed by atoms with Gasteiger partial charge in [-0.25, -0.2) is 0 Å². The molecule has 9 nitrogen and oxygen atoms in total. The number of benzene rings is 1. The van der Waals surface area contributed by atoms with Gasteiger partial charge in [0.2, 0.25) is 5.56 Å². The Labute approximate surface area is 148 Å². The van der Waals surface area contributed by atoms with Crippen molar-refractivity contribution in [3.05, 3.63) is 50.3 Å². The molecule has 2 aromatic rings. The Hall–Kier alpha value is -2.49. The Balaban J connectivity index is 0.00000225. The van der Waals surface area contributed by atoms with E-state index in [1.807, 2.05) is 0 Å². The third-order valence-electron chi connectivity index (χ3n) is 4.11. The van der Waals surface area contributed by atoms with Crippen LogP contribution in [0.3, 0.4) is 0 Å². The van der Waals surface area contributed by atoms with Crippen LogP contribution in [-0.4, -0.2) is 46.7 Å². The molecule has 1 aromatic carbocycles. The van der Waals surface area contributed by atoms with Crippen LogP contribution >= 0.6 is 12.4 Å². The van der Waals surface area contributed by atoms with Crippen molar-refractivity contribution in [3.8, 4) is 0 Å². The van der Waals surface area contributed by atoms with Gasteiger partial charge in [0.05, 0.1) is 16.6 Å². The second kappa shape index (κ2) is 7.60. The predicted molar refractivity (Wildman–Crippen MR) is 93.2 cm³/mol. The molecular formula is C15H17ClN4O5. The highest BCUT2D eigenvalue weighted by atomic mass is 35.5. The van der Waals surface area contributed by atoms with Crippen LogP contribution in [0.5, 0.6) is 0 Å². The molecule has 2 unspecified atom stereocenters. The van der Waals surface area contributed by atoms with E-state index in [-0.39, 0.29) is 36.1 Å². The molecule has 1 aliphatic heterocycles. The van der Waals surface area contributed by atoms with Crippen LogP contribution < -0.4 is 16.2 Å². The highest BCUT2D eigenvalue weighted by Gasteiger charge is 2.25. The highest BCUT2D eigenvalue weighted by molar-refractivity contribution is 6.06. The van der Waals surface area contributed by atoms with Crippen LogP contribution in [0.1, 0.15) is 10.4 Å². The standard InChI is InChI=1S/C15H16N4O5.ClH/c20-13-7-16-5-8(13)6-17-15(22)11-4-14(21)18-12-2-1-9(19(23)24)3-10(11)12;/h1-4,8,13,16,20H,5-7H2,(H,17,22)(H,18,21);1H. The first-order valence-corrected chi connectivity index (χ1v) is 7.44. The lowest BCUT2D eigenvalue weighted by Crippen LogP contribution is -2.34. The Morgan fingerprint density at radius 2 is 2.12 bits per heavy atom. The Morgan fingerprint density at radius 1 is 1.36 bits per heavy atom. The van der Waals surface area contributed by atoms with Gasteiger partial charge in [-0.05, 0) is 6.07 Å². The molecule has 1 fully saturated rings. The van der Waals surface area contributed by atoms with E-state index in [1.165, 1.54) is 18.2 Å². The minimum atomic E-state index is -0.563. The molecule has 4 N–H and O–H groups in total. The van der Waals surface area contributed by atoms with Gasteiger partial charge in [0.1, 0.15) is 0 Å². The summed E-state index contributed by atoms with van der Waals surface area (Å²) >= 11 is 0. The number of aromatic amines is 1. The molecule has 1 aromatic heterocycles. The van der Waals surface area contributed by atoms with Crippen molar-refractivity contribution in [1.29, 1.82) is 0 Å². The van der Waals surface area contributed by atoms with Gasteiger partial charge >= 0.3 is 0 Å².